The maximum absolute atomic E-state index is 13.0. The minimum atomic E-state index is -0.130. The van der Waals surface area contributed by atoms with Crippen LogP contribution in [-0.4, -0.2) is 4.83 Å². The van der Waals surface area contributed by atoms with Gasteiger partial charge in [-0.25, -0.2) is 4.39 Å². The summed E-state index contributed by atoms with van der Waals surface area (Å²) in [5, 5.41) is 0. The molecule has 0 saturated heterocycles. The molecule has 0 radical (unpaired) electrons. The van der Waals surface area contributed by atoms with Crippen molar-refractivity contribution in [3.63, 3.8) is 0 Å². The van der Waals surface area contributed by atoms with Gasteiger partial charge in [-0.3, -0.25) is 0 Å². The fourth-order valence-corrected chi connectivity index (χ4v) is 6.78. The molecule has 4 fully saturated rings. The number of hydrogen-bond donors (Lipinski definition) is 0. The van der Waals surface area contributed by atoms with Crippen molar-refractivity contribution in [2.75, 3.05) is 0 Å². The minimum absolute atomic E-state index is 0.130. The Labute approximate surface area is 129 Å². The van der Waals surface area contributed by atoms with Crippen LogP contribution < -0.4 is 0 Å². The van der Waals surface area contributed by atoms with E-state index in [1.807, 2.05) is 12.1 Å². The van der Waals surface area contributed by atoms with Crippen molar-refractivity contribution in [3.05, 3.63) is 35.6 Å². The fraction of sp³-hybridized carbons (Fsp3) is 0.667. The molecule has 4 aliphatic rings. The molecule has 1 unspecified atom stereocenters. The van der Waals surface area contributed by atoms with E-state index >= 15 is 0 Å². The Morgan fingerprint density at radius 1 is 0.950 bits per heavy atom. The van der Waals surface area contributed by atoms with Gasteiger partial charge in [0.1, 0.15) is 5.82 Å². The van der Waals surface area contributed by atoms with Crippen LogP contribution in [0.2, 0.25) is 0 Å². The Hall–Kier alpha value is -0.370. The normalized spacial score (nSPS) is 40.0. The van der Waals surface area contributed by atoms with Crippen LogP contribution in [0.15, 0.2) is 24.3 Å². The van der Waals surface area contributed by atoms with E-state index in [4.69, 9.17) is 0 Å². The van der Waals surface area contributed by atoms with Gasteiger partial charge in [-0.1, -0.05) is 28.1 Å². The Morgan fingerprint density at radius 3 is 2.05 bits per heavy atom. The summed E-state index contributed by atoms with van der Waals surface area (Å²) in [7, 11) is 0. The lowest BCUT2D eigenvalue weighted by Crippen LogP contribution is -2.48. The maximum Gasteiger partial charge on any atom is 0.123 e. The van der Waals surface area contributed by atoms with Crippen molar-refractivity contribution < 1.29 is 4.39 Å². The molecular weight excluding hydrogens is 315 g/mol. The van der Waals surface area contributed by atoms with E-state index in [2.05, 4.69) is 15.9 Å². The number of rotatable bonds is 3. The third-order valence-corrected chi connectivity index (χ3v) is 7.00. The van der Waals surface area contributed by atoms with E-state index in [1.54, 1.807) is 12.1 Å². The quantitative estimate of drug-likeness (QED) is 0.665. The van der Waals surface area contributed by atoms with Gasteiger partial charge in [0.2, 0.25) is 0 Å². The third kappa shape index (κ3) is 2.34. The molecule has 0 aliphatic heterocycles. The molecule has 4 aliphatic carbocycles. The summed E-state index contributed by atoms with van der Waals surface area (Å²) in [6.07, 6.45) is 8.47. The molecule has 5 rings (SSSR count). The Morgan fingerprint density at radius 2 is 1.50 bits per heavy atom. The number of halogens is 2. The fourth-order valence-electron chi connectivity index (χ4n) is 5.54. The Bertz CT molecular complexity index is 453. The van der Waals surface area contributed by atoms with Crippen LogP contribution in [0.1, 0.15) is 37.7 Å². The lowest BCUT2D eigenvalue weighted by molar-refractivity contribution is -0.0360. The minimum Gasteiger partial charge on any atom is -0.207 e. The van der Waals surface area contributed by atoms with Crippen molar-refractivity contribution in [2.24, 2.45) is 29.6 Å². The van der Waals surface area contributed by atoms with Gasteiger partial charge >= 0.3 is 0 Å². The highest BCUT2D eigenvalue weighted by Gasteiger charge is 2.49. The molecule has 1 aromatic rings. The van der Waals surface area contributed by atoms with Crippen molar-refractivity contribution in [3.8, 4) is 0 Å². The topological polar surface area (TPSA) is 0 Å². The molecule has 4 bridgehead atoms. The zero-order chi connectivity index (χ0) is 13.7. The van der Waals surface area contributed by atoms with Crippen molar-refractivity contribution >= 4 is 15.9 Å². The van der Waals surface area contributed by atoms with Gasteiger partial charge in [0.15, 0.2) is 0 Å². The largest absolute Gasteiger partial charge is 0.207 e. The van der Waals surface area contributed by atoms with Crippen LogP contribution in [0.3, 0.4) is 0 Å². The lowest BCUT2D eigenvalue weighted by atomic mass is 9.51. The van der Waals surface area contributed by atoms with Crippen LogP contribution in [0, 0.1) is 35.4 Å². The zero-order valence-corrected chi connectivity index (χ0v) is 13.4. The van der Waals surface area contributed by atoms with Crippen LogP contribution in [-0.2, 0) is 6.42 Å². The van der Waals surface area contributed by atoms with Crippen molar-refractivity contribution in [1.82, 2.24) is 0 Å². The second-order valence-electron chi connectivity index (χ2n) is 7.35. The average molecular weight is 337 g/mol. The first kappa shape index (κ1) is 13.3. The average Bonchev–Trinajstić information content (AvgIpc) is 2.40. The highest BCUT2D eigenvalue weighted by Crippen LogP contribution is 2.58. The third-order valence-electron chi connectivity index (χ3n) is 6.06. The van der Waals surface area contributed by atoms with Gasteiger partial charge in [-0.15, -0.1) is 0 Å². The summed E-state index contributed by atoms with van der Waals surface area (Å²) in [5.41, 5.74) is 1.27. The predicted octanol–water partition coefficient (Wildman–Crippen LogP) is 5.20. The standard InChI is InChI=1S/C18H22BrF/c19-17(10-11-1-3-16(20)4-2-11)18-14-6-12-5-13(8-14)9-15(18)7-12/h1-4,12-15,17-18H,5-10H2. The molecule has 0 heterocycles. The first-order chi connectivity index (χ1) is 9.69. The molecule has 2 heteroatoms. The number of alkyl halides is 1. The SMILES string of the molecule is Fc1ccc(CC(Br)C2C3CC4CC(C3)CC2C4)cc1. The van der Waals surface area contributed by atoms with E-state index in [0.29, 0.717) is 4.83 Å². The van der Waals surface area contributed by atoms with Crippen LogP contribution in [0.5, 0.6) is 0 Å². The van der Waals surface area contributed by atoms with Gasteiger partial charge < -0.3 is 0 Å². The van der Waals surface area contributed by atoms with E-state index < -0.39 is 0 Å². The van der Waals surface area contributed by atoms with E-state index in [-0.39, 0.29) is 5.82 Å². The number of benzene rings is 1. The first-order valence-corrected chi connectivity index (χ1v) is 8.99. The van der Waals surface area contributed by atoms with Gasteiger partial charge in [-0.2, -0.15) is 0 Å². The smallest absolute Gasteiger partial charge is 0.123 e. The van der Waals surface area contributed by atoms with Crippen molar-refractivity contribution in [1.29, 1.82) is 0 Å². The number of hydrogen-bond acceptors (Lipinski definition) is 0. The van der Waals surface area contributed by atoms with Gasteiger partial charge in [-0.05, 0) is 85.8 Å². The predicted molar refractivity (Wildman–Crippen MR) is 83.4 cm³/mol. The Kier molecular flexibility index (Phi) is 3.41. The molecule has 0 aromatic heterocycles. The van der Waals surface area contributed by atoms with Gasteiger partial charge in [0.25, 0.3) is 0 Å². The summed E-state index contributed by atoms with van der Waals surface area (Å²) in [4.78, 5) is 0.572. The molecule has 4 saturated carbocycles. The highest BCUT2D eigenvalue weighted by atomic mass is 79.9. The van der Waals surface area contributed by atoms with E-state index in [1.165, 1.54) is 37.7 Å². The molecule has 0 nitrogen and oxygen atoms in total. The van der Waals surface area contributed by atoms with Gasteiger partial charge in [0.05, 0.1) is 0 Å². The van der Waals surface area contributed by atoms with Crippen LogP contribution in [0.4, 0.5) is 4.39 Å². The van der Waals surface area contributed by atoms with E-state index in [9.17, 15) is 4.39 Å². The van der Waals surface area contributed by atoms with E-state index in [0.717, 1.165) is 36.0 Å². The summed E-state index contributed by atoms with van der Waals surface area (Å²) in [5.74, 6) is 4.72. The molecule has 0 amide bonds. The summed E-state index contributed by atoms with van der Waals surface area (Å²) < 4.78 is 13.0. The molecule has 1 atom stereocenters. The molecule has 0 spiro atoms. The lowest BCUT2D eigenvalue weighted by Gasteiger charge is -2.55. The highest BCUT2D eigenvalue weighted by molar-refractivity contribution is 9.09. The summed E-state index contributed by atoms with van der Waals surface area (Å²) in [6.45, 7) is 0. The Balaban J connectivity index is 1.48. The van der Waals surface area contributed by atoms with Crippen LogP contribution in [0.25, 0.3) is 0 Å². The summed E-state index contributed by atoms with van der Waals surface area (Å²) >= 11 is 3.99. The van der Waals surface area contributed by atoms with Gasteiger partial charge in [0, 0.05) is 4.83 Å². The molecule has 108 valence electrons. The second kappa shape index (κ2) is 5.12. The molecular formula is C18H22BrF. The molecule has 20 heavy (non-hydrogen) atoms. The van der Waals surface area contributed by atoms with Crippen LogP contribution >= 0.6 is 15.9 Å². The maximum atomic E-state index is 13.0. The first-order valence-electron chi connectivity index (χ1n) is 8.07. The molecule has 0 N–H and O–H groups in total. The zero-order valence-electron chi connectivity index (χ0n) is 11.8. The van der Waals surface area contributed by atoms with Crippen molar-refractivity contribution in [2.45, 2.75) is 43.4 Å². The molecule has 1 aromatic carbocycles. The summed E-state index contributed by atoms with van der Waals surface area (Å²) in [6, 6.07) is 7.07. The monoisotopic (exact) mass is 336 g/mol. The second-order valence-corrected chi connectivity index (χ2v) is 8.53.